The molecule has 1 aliphatic carbocycles. The number of benzene rings is 2. The molecule has 0 atom stereocenters. The normalized spacial score (nSPS) is 13.5. The highest BCUT2D eigenvalue weighted by Gasteiger charge is 2.25. The zero-order chi connectivity index (χ0) is 24.6. The van der Waals surface area contributed by atoms with Gasteiger partial charge >= 0.3 is 0 Å². The summed E-state index contributed by atoms with van der Waals surface area (Å²) >= 11 is 1.53. The Morgan fingerprint density at radius 3 is 2.31 bits per heavy atom. The number of rotatable bonds is 9. The Balaban J connectivity index is 1.34. The van der Waals surface area contributed by atoms with Crippen molar-refractivity contribution in [1.82, 2.24) is 16.1 Å². The first-order valence-electron chi connectivity index (χ1n) is 11.2. The van der Waals surface area contributed by atoms with Gasteiger partial charge in [0.15, 0.2) is 0 Å². The molecule has 0 aliphatic heterocycles. The fourth-order valence-electron chi connectivity index (χ4n) is 3.30. The average molecular weight is 488 g/mol. The third-order valence-electron chi connectivity index (χ3n) is 5.40. The summed E-state index contributed by atoms with van der Waals surface area (Å²) in [6.45, 7) is 0.308. The second-order valence-corrected chi connectivity index (χ2v) is 9.09. The number of nitrogens with one attached hydrogen (secondary N) is 3. The van der Waals surface area contributed by atoms with Crippen LogP contribution >= 0.6 is 11.3 Å². The predicted octanol–water partition coefficient (Wildman–Crippen LogP) is 4.02. The number of thiophene rings is 1. The smallest absolute Gasteiger partial charge is 0.274 e. The lowest BCUT2D eigenvalue weighted by atomic mass is 10.1. The summed E-state index contributed by atoms with van der Waals surface area (Å²) in [5.41, 5.74) is 5.14. The van der Waals surface area contributed by atoms with Gasteiger partial charge in [-0.15, -0.1) is 11.3 Å². The predicted molar refractivity (Wildman–Crippen MR) is 136 cm³/mol. The molecule has 2 aromatic carbocycles. The molecule has 8 heteroatoms. The molecule has 0 unspecified atom stereocenters. The van der Waals surface area contributed by atoms with Gasteiger partial charge < -0.3 is 10.6 Å². The summed E-state index contributed by atoms with van der Waals surface area (Å²) in [5.74, 6) is -0.890. The van der Waals surface area contributed by atoms with Crippen LogP contribution in [0.5, 0.6) is 0 Å². The first-order valence-corrected chi connectivity index (χ1v) is 12.1. The van der Waals surface area contributed by atoms with Gasteiger partial charge in [-0.05, 0) is 65.3 Å². The van der Waals surface area contributed by atoms with Crippen LogP contribution in [0.1, 0.15) is 44.8 Å². The minimum Gasteiger partial charge on any atom is -0.349 e. The van der Waals surface area contributed by atoms with E-state index >= 15 is 0 Å². The Hall–Kier alpha value is -4.01. The van der Waals surface area contributed by atoms with E-state index in [1.54, 1.807) is 35.8 Å². The summed E-state index contributed by atoms with van der Waals surface area (Å²) in [6.07, 6.45) is 7.14. The number of hydrogen-bond donors (Lipinski definition) is 4. The zero-order valence-corrected chi connectivity index (χ0v) is 19.7. The van der Waals surface area contributed by atoms with Gasteiger partial charge in [-0.25, -0.2) is 5.48 Å². The number of hydrogen-bond acceptors (Lipinski definition) is 5. The van der Waals surface area contributed by atoms with Gasteiger partial charge in [0, 0.05) is 29.1 Å². The number of carbonyl (C=O) groups is 3. The number of hydroxylamine groups is 1. The largest absolute Gasteiger partial charge is 0.349 e. The Kier molecular flexibility index (Phi) is 7.87. The van der Waals surface area contributed by atoms with E-state index in [4.69, 9.17) is 5.21 Å². The van der Waals surface area contributed by atoms with Crippen molar-refractivity contribution in [2.24, 2.45) is 0 Å². The van der Waals surface area contributed by atoms with E-state index < -0.39 is 5.91 Å². The van der Waals surface area contributed by atoms with Crippen LogP contribution in [0.15, 0.2) is 72.1 Å². The van der Waals surface area contributed by atoms with Gasteiger partial charge in [-0.3, -0.25) is 19.6 Å². The Morgan fingerprint density at radius 1 is 0.971 bits per heavy atom. The van der Waals surface area contributed by atoms with Gasteiger partial charge in [0.05, 0.1) is 5.57 Å². The minimum absolute atomic E-state index is 0.0538. The Labute approximate surface area is 207 Å². The molecule has 1 fully saturated rings. The molecule has 7 nitrogen and oxygen atoms in total. The summed E-state index contributed by atoms with van der Waals surface area (Å²) in [6, 6.07) is 18.3. The van der Waals surface area contributed by atoms with E-state index in [2.05, 4.69) is 10.6 Å². The van der Waals surface area contributed by atoms with Crippen LogP contribution < -0.4 is 16.1 Å². The van der Waals surface area contributed by atoms with Crippen molar-refractivity contribution in [3.63, 3.8) is 0 Å². The summed E-state index contributed by atoms with van der Waals surface area (Å²) < 4.78 is 0. The fraction of sp³-hybridized carbons (Fsp3) is 0.148. The zero-order valence-electron chi connectivity index (χ0n) is 18.9. The van der Waals surface area contributed by atoms with E-state index in [9.17, 15) is 14.4 Å². The third kappa shape index (κ3) is 6.99. The summed E-state index contributed by atoms with van der Waals surface area (Å²) in [5, 5.41) is 16.5. The van der Waals surface area contributed by atoms with Gasteiger partial charge in [-0.2, -0.15) is 0 Å². The molecule has 3 aromatic rings. The molecule has 0 radical (unpaired) electrons. The molecule has 1 heterocycles. The van der Waals surface area contributed by atoms with Crippen LogP contribution in [-0.2, 0) is 16.1 Å². The van der Waals surface area contributed by atoms with E-state index in [0.29, 0.717) is 17.7 Å². The maximum absolute atomic E-state index is 12.7. The molecule has 4 rings (SSSR count). The third-order valence-corrected chi connectivity index (χ3v) is 6.31. The highest BCUT2D eigenvalue weighted by molar-refractivity contribution is 7.11. The van der Waals surface area contributed by atoms with Crippen LogP contribution in [0.2, 0.25) is 0 Å². The molecular weight excluding hydrogens is 462 g/mol. The lowest BCUT2D eigenvalue weighted by Crippen LogP contribution is -2.26. The molecule has 3 amide bonds. The molecule has 0 saturated heterocycles. The van der Waals surface area contributed by atoms with Crippen molar-refractivity contribution < 1.29 is 19.6 Å². The van der Waals surface area contributed by atoms with Crippen LogP contribution in [0.25, 0.3) is 17.7 Å². The molecule has 1 aliphatic rings. The highest BCUT2D eigenvalue weighted by atomic mass is 32.1. The molecule has 1 aromatic heterocycles. The summed E-state index contributed by atoms with van der Waals surface area (Å²) in [4.78, 5) is 37.2. The maximum Gasteiger partial charge on any atom is 0.274 e. The van der Waals surface area contributed by atoms with Crippen LogP contribution in [0.3, 0.4) is 0 Å². The van der Waals surface area contributed by atoms with E-state index in [0.717, 1.165) is 34.4 Å². The molecule has 178 valence electrons. The standard InChI is InChI=1S/C27H25N3O4S/c31-25(28-17-20-7-10-21(11-8-20)26(32)30-34)14-9-18-3-5-19(6-4-18)16-23(24-2-1-15-35-24)27(33)29-22-12-13-22/h1-11,14-16,22,34H,12-13,17H2,(H,28,31)(H,29,33)(H,30,32)/b14-9?,23-16-. The van der Waals surface area contributed by atoms with Crippen molar-refractivity contribution >= 4 is 46.8 Å². The van der Waals surface area contributed by atoms with Gasteiger partial charge in [-0.1, -0.05) is 42.5 Å². The van der Waals surface area contributed by atoms with Crippen LogP contribution in [-0.4, -0.2) is 29.0 Å². The van der Waals surface area contributed by atoms with E-state index in [1.165, 1.54) is 17.4 Å². The fourth-order valence-corrected chi connectivity index (χ4v) is 4.04. The van der Waals surface area contributed by atoms with Crippen molar-refractivity contribution in [1.29, 1.82) is 0 Å². The van der Waals surface area contributed by atoms with Gasteiger partial charge in [0.2, 0.25) is 5.91 Å². The molecular formula is C27H25N3O4S. The van der Waals surface area contributed by atoms with Gasteiger partial charge in [0.1, 0.15) is 0 Å². The monoisotopic (exact) mass is 487 g/mol. The molecule has 0 spiro atoms. The lowest BCUT2D eigenvalue weighted by Gasteiger charge is -2.07. The summed E-state index contributed by atoms with van der Waals surface area (Å²) in [7, 11) is 0. The Bertz CT molecular complexity index is 1240. The topological polar surface area (TPSA) is 108 Å². The Morgan fingerprint density at radius 2 is 1.69 bits per heavy atom. The van der Waals surface area contributed by atoms with Crippen molar-refractivity contribution in [2.75, 3.05) is 0 Å². The first kappa shape index (κ1) is 24.1. The van der Waals surface area contributed by atoms with Crippen molar-refractivity contribution in [3.8, 4) is 0 Å². The second-order valence-electron chi connectivity index (χ2n) is 8.14. The SMILES string of the molecule is O=C(C=Cc1ccc(/C=C(\C(=O)NC2CC2)c2cccs2)cc1)NCc1ccc(C(=O)NO)cc1. The minimum atomic E-state index is -0.589. The maximum atomic E-state index is 12.7. The van der Waals surface area contributed by atoms with Crippen LogP contribution in [0, 0.1) is 0 Å². The number of amides is 3. The van der Waals surface area contributed by atoms with E-state index in [1.807, 2.05) is 47.9 Å². The quantitative estimate of drug-likeness (QED) is 0.208. The van der Waals surface area contributed by atoms with Crippen LogP contribution in [0.4, 0.5) is 0 Å². The van der Waals surface area contributed by atoms with E-state index in [-0.39, 0.29) is 17.9 Å². The highest BCUT2D eigenvalue weighted by Crippen LogP contribution is 2.26. The lowest BCUT2D eigenvalue weighted by molar-refractivity contribution is -0.117. The first-order chi connectivity index (χ1) is 17.0. The van der Waals surface area contributed by atoms with Crippen molar-refractivity contribution in [3.05, 3.63) is 99.3 Å². The van der Waals surface area contributed by atoms with Gasteiger partial charge in [0.25, 0.3) is 11.8 Å². The molecule has 0 bridgehead atoms. The average Bonchev–Trinajstić information content (AvgIpc) is 3.53. The number of carbonyl (C=O) groups excluding carboxylic acids is 3. The van der Waals surface area contributed by atoms with Crippen molar-refractivity contribution in [2.45, 2.75) is 25.4 Å². The molecule has 4 N–H and O–H groups in total. The molecule has 1 saturated carbocycles. The second kappa shape index (κ2) is 11.4. The molecule has 35 heavy (non-hydrogen) atoms.